The third-order valence-corrected chi connectivity index (χ3v) is 4.21. The Morgan fingerprint density at radius 1 is 1.31 bits per heavy atom. The summed E-state index contributed by atoms with van der Waals surface area (Å²) in [5, 5.41) is 7.37. The van der Waals surface area contributed by atoms with E-state index in [1.165, 1.54) is 13.2 Å². The molecule has 0 bridgehead atoms. The average Bonchev–Trinajstić information content (AvgIpc) is 2.64. The molecule has 1 saturated heterocycles. The maximum Gasteiger partial charge on any atom is 0.267 e. The minimum Gasteiger partial charge on any atom is -0.495 e. The number of carbonyl (C=O) groups excluding carboxylic acids is 1. The Balaban J connectivity index is 1.70. The molecular formula is C17H19ClN4O4. The molecule has 2 heterocycles. The Morgan fingerprint density at radius 2 is 2.08 bits per heavy atom. The van der Waals surface area contributed by atoms with Crippen molar-refractivity contribution in [2.45, 2.75) is 6.54 Å². The van der Waals surface area contributed by atoms with Gasteiger partial charge in [0.2, 0.25) is 5.91 Å². The maximum absolute atomic E-state index is 12.3. The molecule has 9 heteroatoms. The first-order chi connectivity index (χ1) is 12.6. The molecule has 1 aromatic heterocycles. The second kappa shape index (κ2) is 8.20. The molecule has 2 aromatic rings. The molecule has 3 rings (SSSR count). The fourth-order valence-corrected chi connectivity index (χ4v) is 2.85. The SMILES string of the molecule is COc1ccc(NC(=O)Cn2nc(N3CCOCC3)ccc2=O)cc1Cl. The van der Waals surface area contributed by atoms with Gasteiger partial charge in [-0.15, -0.1) is 0 Å². The molecular weight excluding hydrogens is 360 g/mol. The van der Waals surface area contributed by atoms with Crippen molar-refractivity contribution in [3.63, 3.8) is 0 Å². The summed E-state index contributed by atoms with van der Waals surface area (Å²) in [6, 6.07) is 7.98. The predicted molar refractivity (Wildman–Crippen MR) is 98.2 cm³/mol. The zero-order valence-corrected chi connectivity index (χ0v) is 15.0. The number of amides is 1. The molecule has 1 amide bonds. The second-order valence-corrected chi connectivity index (χ2v) is 6.09. The van der Waals surface area contributed by atoms with Gasteiger partial charge < -0.3 is 19.7 Å². The Hall–Kier alpha value is -2.58. The summed E-state index contributed by atoms with van der Waals surface area (Å²) in [5.41, 5.74) is 0.170. The fraction of sp³-hybridized carbons (Fsp3) is 0.353. The van der Waals surface area contributed by atoms with Crippen LogP contribution in [0.3, 0.4) is 0 Å². The third kappa shape index (κ3) is 4.33. The third-order valence-electron chi connectivity index (χ3n) is 3.92. The van der Waals surface area contributed by atoms with E-state index >= 15 is 0 Å². The summed E-state index contributed by atoms with van der Waals surface area (Å²) in [7, 11) is 1.51. The van der Waals surface area contributed by atoms with Crippen LogP contribution >= 0.6 is 11.6 Å². The van der Waals surface area contributed by atoms with Crippen molar-refractivity contribution in [1.82, 2.24) is 9.78 Å². The van der Waals surface area contributed by atoms with E-state index < -0.39 is 0 Å². The molecule has 0 aliphatic carbocycles. The number of nitrogens with zero attached hydrogens (tertiary/aromatic N) is 3. The van der Waals surface area contributed by atoms with Crippen LogP contribution < -0.4 is 20.5 Å². The van der Waals surface area contributed by atoms with Crippen LogP contribution in [0.1, 0.15) is 0 Å². The molecule has 0 saturated carbocycles. The maximum atomic E-state index is 12.3. The lowest BCUT2D eigenvalue weighted by atomic mass is 10.3. The number of nitrogens with one attached hydrogen (secondary N) is 1. The minimum atomic E-state index is -0.375. The van der Waals surface area contributed by atoms with Gasteiger partial charge in [-0.25, -0.2) is 4.68 Å². The van der Waals surface area contributed by atoms with Gasteiger partial charge in [-0.3, -0.25) is 9.59 Å². The predicted octanol–water partition coefficient (Wildman–Crippen LogP) is 1.38. The first kappa shape index (κ1) is 18.2. The number of rotatable bonds is 5. The number of morpholine rings is 1. The molecule has 1 fully saturated rings. The summed E-state index contributed by atoms with van der Waals surface area (Å²) in [6.07, 6.45) is 0. The van der Waals surface area contributed by atoms with Crippen molar-refractivity contribution >= 4 is 29.0 Å². The number of anilines is 2. The van der Waals surface area contributed by atoms with Crippen molar-refractivity contribution in [3.05, 3.63) is 45.7 Å². The van der Waals surface area contributed by atoms with E-state index in [1.807, 2.05) is 4.90 Å². The largest absolute Gasteiger partial charge is 0.495 e. The first-order valence-corrected chi connectivity index (χ1v) is 8.49. The van der Waals surface area contributed by atoms with Crippen LogP contribution in [0.25, 0.3) is 0 Å². The lowest BCUT2D eigenvalue weighted by Gasteiger charge is -2.27. The molecule has 1 aromatic carbocycles. The first-order valence-electron chi connectivity index (χ1n) is 8.11. The number of carbonyl (C=O) groups is 1. The molecule has 1 aliphatic rings. The van der Waals surface area contributed by atoms with E-state index in [1.54, 1.807) is 24.3 Å². The normalized spacial score (nSPS) is 14.2. The van der Waals surface area contributed by atoms with Gasteiger partial charge in [0.15, 0.2) is 0 Å². The lowest BCUT2D eigenvalue weighted by Crippen LogP contribution is -2.38. The number of hydrogen-bond acceptors (Lipinski definition) is 6. The molecule has 1 aliphatic heterocycles. The van der Waals surface area contributed by atoms with Gasteiger partial charge in [0.05, 0.1) is 25.3 Å². The van der Waals surface area contributed by atoms with Crippen LogP contribution in [0.4, 0.5) is 11.5 Å². The van der Waals surface area contributed by atoms with Crippen molar-refractivity contribution in [1.29, 1.82) is 0 Å². The van der Waals surface area contributed by atoms with E-state index in [2.05, 4.69) is 10.4 Å². The molecule has 0 radical (unpaired) electrons. The smallest absolute Gasteiger partial charge is 0.267 e. The number of hydrogen-bond donors (Lipinski definition) is 1. The van der Waals surface area contributed by atoms with Crippen molar-refractivity contribution in [3.8, 4) is 5.75 Å². The molecule has 8 nitrogen and oxygen atoms in total. The molecule has 0 atom stereocenters. The molecule has 26 heavy (non-hydrogen) atoms. The van der Waals surface area contributed by atoms with Gasteiger partial charge in [-0.1, -0.05) is 11.6 Å². The zero-order valence-electron chi connectivity index (χ0n) is 14.3. The Morgan fingerprint density at radius 3 is 2.77 bits per heavy atom. The van der Waals surface area contributed by atoms with Crippen molar-refractivity contribution in [2.75, 3.05) is 43.6 Å². The summed E-state index contributed by atoms with van der Waals surface area (Å²) < 4.78 is 11.5. The van der Waals surface area contributed by atoms with Crippen LogP contribution in [0.5, 0.6) is 5.75 Å². The van der Waals surface area contributed by atoms with Crippen LogP contribution in [0.15, 0.2) is 35.1 Å². The van der Waals surface area contributed by atoms with Gasteiger partial charge in [0, 0.05) is 24.8 Å². The van der Waals surface area contributed by atoms with Gasteiger partial charge >= 0.3 is 0 Å². The highest BCUT2D eigenvalue weighted by Gasteiger charge is 2.15. The lowest BCUT2D eigenvalue weighted by molar-refractivity contribution is -0.117. The molecule has 1 N–H and O–H groups in total. The van der Waals surface area contributed by atoms with E-state index in [0.29, 0.717) is 48.6 Å². The van der Waals surface area contributed by atoms with Gasteiger partial charge in [0.1, 0.15) is 18.1 Å². The van der Waals surface area contributed by atoms with E-state index in [9.17, 15) is 9.59 Å². The number of halogens is 1. The standard InChI is InChI=1S/C17H19ClN4O4/c1-25-14-3-2-12(10-13(14)18)19-16(23)11-22-17(24)5-4-15(20-22)21-6-8-26-9-7-21/h2-5,10H,6-9,11H2,1H3,(H,19,23). The van der Waals surface area contributed by atoms with Crippen LogP contribution in [-0.4, -0.2) is 49.1 Å². The number of methoxy groups -OCH3 is 1. The summed E-state index contributed by atoms with van der Waals surface area (Å²) in [5.74, 6) is 0.786. The van der Waals surface area contributed by atoms with Crippen LogP contribution in [0, 0.1) is 0 Å². The number of ether oxygens (including phenoxy) is 2. The topological polar surface area (TPSA) is 85.7 Å². The highest BCUT2D eigenvalue weighted by Crippen LogP contribution is 2.27. The van der Waals surface area contributed by atoms with E-state index in [4.69, 9.17) is 21.1 Å². The number of aromatic nitrogens is 2. The molecule has 138 valence electrons. The molecule has 0 spiro atoms. The Bertz CT molecular complexity index is 849. The monoisotopic (exact) mass is 378 g/mol. The van der Waals surface area contributed by atoms with Gasteiger partial charge in [0.25, 0.3) is 5.56 Å². The second-order valence-electron chi connectivity index (χ2n) is 5.68. The summed E-state index contributed by atoms with van der Waals surface area (Å²) in [4.78, 5) is 26.3. The molecule has 0 unspecified atom stereocenters. The highest BCUT2D eigenvalue weighted by molar-refractivity contribution is 6.32. The van der Waals surface area contributed by atoms with Crippen molar-refractivity contribution < 1.29 is 14.3 Å². The summed E-state index contributed by atoms with van der Waals surface area (Å²) in [6.45, 7) is 2.42. The average molecular weight is 379 g/mol. The van der Waals surface area contributed by atoms with E-state index in [0.717, 1.165) is 4.68 Å². The van der Waals surface area contributed by atoms with Gasteiger partial charge in [-0.05, 0) is 24.3 Å². The number of benzene rings is 1. The fourth-order valence-electron chi connectivity index (χ4n) is 2.59. The van der Waals surface area contributed by atoms with Crippen molar-refractivity contribution in [2.24, 2.45) is 0 Å². The Labute approximate surface area is 155 Å². The van der Waals surface area contributed by atoms with Crippen LogP contribution in [0.2, 0.25) is 5.02 Å². The highest BCUT2D eigenvalue weighted by atomic mass is 35.5. The summed E-state index contributed by atoms with van der Waals surface area (Å²) >= 11 is 6.05. The zero-order chi connectivity index (χ0) is 18.5. The van der Waals surface area contributed by atoms with E-state index in [-0.39, 0.29) is 18.0 Å². The van der Waals surface area contributed by atoms with Crippen LogP contribution in [-0.2, 0) is 16.1 Å². The Kier molecular flexibility index (Phi) is 5.75. The van der Waals surface area contributed by atoms with Gasteiger partial charge in [-0.2, -0.15) is 5.10 Å². The minimum absolute atomic E-state index is 0.194. The quantitative estimate of drug-likeness (QED) is 0.846.